The number of aromatic hydroxyl groups is 1. The number of hydrogen-bond donors (Lipinski definition) is 2. The number of aromatic nitrogens is 1. The van der Waals surface area contributed by atoms with Crippen molar-refractivity contribution in [3.63, 3.8) is 0 Å². The van der Waals surface area contributed by atoms with E-state index >= 15 is 0 Å². The molecular formula is C15H9BrFN3O2. The van der Waals surface area contributed by atoms with Crippen molar-refractivity contribution in [2.45, 2.75) is 0 Å². The van der Waals surface area contributed by atoms with Crippen molar-refractivity contribution in [3.8, 4) is 5.88 Å². The van der Waals surface area contributed by atoms with Gasteiger partial charge in [0.15, 0.2) is 5.69 Å². The fourth-order valence-corrected chi connectivity index (χ4v) is 2.38. The molecule has 3 rings (SSSR count). The Morgan fingerprint density at radius 1 is 1.23 bits per heavy atom. The minimum atomic E-state index is -0.818. The second-order valence-electron chi connectivity index (χ2n) is 4.50. The number of nitrogens with zero attached hydrogens (tertiary/aromatic N) is 2. The number of aromatic amines is 1. The summed E-state index contributed by atoms with van der Waals surface area (Å²) in [6.07, 6.45) is 0. The zero-order chi connectivity index (χ0) is 15.7. The number of carbonyl (C=O) groups excluding carboxylic acids is 1. The van der Waals surface area contributed by atoms with Crippen molar-refractivity contribution < 1.29 is 14.3 Å². The van der Waals surface area contributed by atoms with E-state index in [0.717, 1.165) is 4.47 Å². The van der Waals surface area contributed by atoms with E-state index in [1.54, 1.807) is 18.2 Å². The van der Waals surface area contributed by atoms with Crippen molar-refractivity contribution in [2.75, 3.05) is 0 Å². The summed E-state index contributed by atoms with van der Waals surface area (Å²) in [5.41, 5.74) is 0.598. The summed E-state index contributed by atoms with van der Waals surface area (Å²) < 4.78 is 14.3. The number of amides is 1. The quantitative estimate of drug-likeness (QED) is 0.649. The van der Waals surface area contributed by atoms with Gasteiger partial charge in [-0.05, 0) is 30.3 Å². The second-order valence-corrected chi connectivity index (χ2v) is 5.41. The highest BCUT2D eigenvalue weighted by Gasteiger charge is 2.13. The largest absolute Gasteiger partial charge is 0.493 e. The Labute approximate surface area is 132 Å². The lowest BCUT2D eigenvalue weighted by Crippen LogP contribution is -1.97. The normalized spacial score (nSPS) is 11.4. The Morgan fingerprint density at radius 2 is 2.00 bits per heavy atom. The molecule has 0 saturated heterocycles. The topological polar surface area (TPSA) is 77.8 Å². The molecule has 0 fully saturated rings. The van der Waals surface area contributed by atoms with Gasteiger partial charge in [0.25, 0.3) is 5.91 Å². The van der Waals surface area contributed by atoms with Crippen LogP contribution < -0.4 is 0 Å². The standard InChI is InChI=1S/C15H9BrFN3O2/c16-8-5-6-12-10(7-8)13(15(22)18-12)19-20-14(21)9-3-1-2-4-11(9)17/h1-7,18,22H. The van der Waals surface area contributed by atoms with Crippen LogP contribution in [0.2, 0.25) is 0 Å². The fraction of sp³-hybridized carbons (Fsp3) is 0. The van der Waals surface area contributed by atoms with Gasteiger partial charge in [0.1, 0.15) is 5.82 Å². The van der Waals surface area contributed by atoms with E-state index in [1.165, 1.54) is 24.3 Å². The highest BCUT2D eigenvalue weighted by molar-refractivity contribution is 9.10. The summed E-state index contributed by atoms with van der Waals surface area (Å²) in [5.74, 6) is -1.70. The number of fused-ring (bicyclic) bond motifs is 1. The summed E-state index contributed by atoms with van der Waals surface area (Å²) in [7, 11) is 0. The van der Waals surface area contributed by atoms with Gasteiger partial charge in [0.05, 0.1) is 11.1 Å². The molecule has 0 spiro atoms. The molecule has 0 saturated carbocycles. The first-order chi connectivity index (χ1) is 10.6. The molecule has 7 heteroatoms. The molecule has 110 valence electrons. The SMILES string of the molecule is O=C(N=Nc1c(O)[nH]c2ccc(Br)cc12)c1ccccc1F. The third kappa shape index (κ3) is 2.62. The maximum Gasteiger partial charge on any atom is 0.298 e. The molecule has 0 aliphatic carbocycles. The van der Waals surface area contributed by atoms with E-state index in [1.807, 2.05) is 0 Å². The molecule has 0 bridgehead atoms. The third-order valence-corrected chi connectivity index (χ3v) is 3.55. The average Bonchev–Trinajstić information content (AvgIpc) is 2.80. The van der Waals surface area contributed by atoms with Gasteiger partial charge >= 0.3 is 0 Å². The van der Waals surface area contributed by atoms with Gasteiger partial charge in [-0.25, -0.2) is 4.39 Å². The molecule has 0 aliphatic heterocycles. The van der Waals surface area contributed by atoms with Crippen molar-refractivity contribution in [1.29, 1.82) is 0 Å². The van der Waals surface area contributed by atoms with E-state index in [0.29, 0.717) is 10.9 Å². The molecule has 1 aromatic heterocycles. The molecule has 1 heterocycles. The van der Waals surface area contributed by atoms with Crippen molar-refractivity contribution in [1.82, 2.24) is 4.98 Å². The van der Waals surface area contributed by atoms with Crippen LogP contribution in [0.3, 0.4) is 0 Å². The molecule has 1 amide bonds. The first kappa shape index (κ1) is 14.4. The number of benzene rings is 2. The van der Waals surface area contributed by atoms with Crippen LogP contribution >= 0.6 is 15.9 Å². The van der Waals surface area contributed by atoms with Crippen LogP contribution in [0.15, 0.2) is 57.2 Å². The molecule has 0 unspecified atom stereocenters. The summed E-state index contributed by atoms with van der Waals surface area (Å²) in [6.45, 7) is 0. The van der Waals surface area contributed by atoms with Crippen LogP contribution in [-0.4, -0.2) is 16.0 Å². The third-order valence-electron chi connectivity index (χ3n) is 3.06. The predicted molar refractivity (Wildman–Crippen MR) is 82.9 cm³/mol. The van der Waals surface area contributed by atoms with Crippen LogP contribution in [0.25, 0.3) is 10.9 Å². The monoisotopic (exact) mass is 361 g/mol. The van der Waals surface area contributed by atoms with Crippen molar-refractivity contribution in [3.05, 3.63) is 58.3 Å². The van der Waals surface area contributed by atoms with Gasteiger partial charge in [0, 0.05) is 9.86 Å². The first-order valence-corrected chi connectivity index (χ1v) is 7.06. The Morgan fingerprint density at radius 3 is 2.77 bits per heavy atom. The van der Waals surface area contributed by atoms with Gasteiger partial charge in [0.2, 0.25) is 5.88 Å². The molecule has 2 aromatic carbocycles. The summed E-state index contributed by atoms with van der Waals surface area (Å²) >= 11 is 3.32. The van der Waals surface area contributed by atoms with E-state index in [2.05, 4.69) is 31.1 Å². The molecular weight excluding hydrogens is 353 g/mol. The first-order valence-electron chi connectivity index (χ1n) is 6.27. The lowest BCUT2D eigenvalue weighted by atomic mass is 10.2. The Kier molecular flexibility index (Phi) is 3.72. The molecule has 3 aromatic rings. The summed E-state index contributed by atoms with van der Waals surface area (Å²) in [4.78, 5) is 14.6. The van der Waals surface area contributed by atoms with Gasteiger partial charge in [-0.2, -0.15) is 0 Å². The number of carbonyl (C=O) groups is 1. The van der Waals surface area contributed by atoms with Crippen LogP contribution in [0.1, 0.15) is 10.4 Å². The minimum absolute atomic E-state index is 0.126. The summed E-state index contributed by atoms with van der Waals surface area (Å²) in [6, 6.07) is 10.8. The average molecular weight is 362 g/mol. The van der Waals surface area contributed by atoms with Gasteiger partial charge in [-0.3, -0.25) is 4.79 Å². The van der Waals surface area contributed by atoms with E-state index in [4.69, 9.17) is 0 Å². The number of nitrogens with one attached hydrogen (secondary N) is 1. The molecule has 5 nitrogen and oxygen atoms in total. The van der Waals surface area contributed by atoms with Gasteiger partial charge < -0.3 is 10.1 Å². The highest BCUT2D eigenvalue weighted by Crippen LogP contribution is 2.36. The smallest absolute Gasteiger partial charge is 0.298 e. The Hall–Kier alpha value is -2.54. The van der Waals surface area contributed by atoms with Crippen molar-refractivity contribution >= 4 is 38.4 Å². The molecule has 0 atom stereocenters. The Balaban J connectivity index is 1.99. The van der Waals surface area contributed by atoms with Crippen molar-refractivity contribution in [2.24, 2.45) is 10.2 Å². The minimum Gasteiger partial charge on any atom is -0.493 e. The molecule has 2 N–H and O–H groups in total. The number of hydrogen-bond acceptors (Lipinski definition) is 3. The van der Waals surface area contributed by atoms with Crippen LogP contribution in [0.5, 0.6) is 5.88 Å². The maximum absolute atomic E-state index is 13.5. The second kappa shape index (κ2) is 5.69. The van der Waals surface area contributed by atoms with Crippen LogP contribution in [-0.2, 0) is 0 Å². The lowest BCUT2D eigenvalue weighted by Gasteiger charge is -1.96. The zero-order valence-electron chi connectivity index (χ0n) is 11.0. The molecule has 0 aliphatic rings. The van der Waals surface area contributed by atoms with Crippen LogP contribution in [0, 0.1) is 5.82 Å². The number of azo groups is 1. The number of halogens is 2. The van der Waals surface area contributed by atoms with E-state index < -0.39 is 11.7 Å². The Bertz CT molecular complexity index is 905. The maximum atomic E-state index is 13.5. The van der Waals surface area contributed by atoms with Crippen LogP contribution in [0.4, 0.5) is 10.1 Å². The zero-order valence-corrected chi connectivity index (χ0v) is 12.6. The predicted octanol–water partition coefficient (Wildman–Crippen LogP) is 4.70. The summed E-state index contributed by atoms with van der Waals surface area (Å²) in [5, 5.41) is 17.7. The van der Waals surface area contributed by atoms with Gasteiger partial charge in [-0.1, -0.05) is 28.1 Å². The fourth-order valence-electron chi connectivity index (χ4n) is 2.02. The lowest BCUT2D eigenvalue weighted by molar-refractivity contribution is 0.0991. The molecule has 0 radical (unpaired) electrons. The van der Waals surface area contributed by atoms with E-state index in [-0.39, 0.29) is 17.1 Å². The number of H-pyrrole nitrogens is 1. The number of rotatable bonds is 2. The van der Waals surface area contributed by atoms with E-state index in [9.17, 15) is 14.3 Å². The highest BCUT2D eigenvalue weighted by atomic mass is 79.9. The van der Waals surface area contributed by atoms with Gasteiger partial charge in [-0.15, -0.1) is 10.2 Å². The molecule has 22 heavy (non-hydrogen) atoms.